The van der Waals surface area contributed by atoms with Crippen LogP contribution in [0.15, 0.2) is 23.4 Å². The number of fused-ring (bicyclic) bond motifs is 1. The topological polar surface area (TPSA) is 41.6 Å². The highest BCUT2D eigenvalue weighted by molar-refractivity contribution is 8.68. The zero-order valence-corrected chi connectivity index (χ0v) is 7.19. The first-order valence-corrected chi connectivity index (χ1v) is 4.88. The smallest absolute Gasteiger partial charge is 0.156 e. The van der Waals surface area contributed by atoms with E-state index in [0.29, 0.717) is 0 Å². The van der Waals surface area contributed by atoms with Crippen LogP contribution >= 0.6 is 22.5 Å². The Balaban J connectivity index is 2.79. The molecule has 0 amide bonds. The van der Waals surface area contributed by atoms with Crippen molar-refractivity contribution >= 4 is 33.5 Å². The predicted molar refractivity (Wildman–Crippen MR) is 48.7 cm³/mol. The summed E-state index contributed by atoms with van der Waals surface area (Å²) in [6.45, 7) is 0. The van der Waals surface area contributed by atoms with Gasteiger partial charge in [0, 0.05) is 11.1 Å². The molecule has 0 atom stereocenters. The molecule has 0 fully saturated rings. The van der Waals surface area contributed by atoms with E-state index in [0.717, 1.165) is 15.9 Å². The summed E-state index contributed by atoms with van der Waals surface area (Å²) in [5, 5.41) is 7.68. The van der Waals surface area contributed by atoms with Crippen molar-refractivity contribution in [3.63, 3.8) is 0 Å². The Hall–Kier alpha value is -0.680. The van der Waals surface area contributed by atoms with Crippen LogP contribution in [0.3, 0.4) is 0 Å². The summed E-state index contributed by atoms with van der Waals surface area (Å²) in [6, 6.07) is 1.91. The van der Waals surface area contributed by atoms with E-state index in [-0.39, 0.29) is 0 Å². The van der Waals surface area contributed by atoms with Gasteiger partial charge in [-0.2, -0.15) is 5.10 Å². The van der Waals surface area contributed by atoms with Crippen molar-refractivity contribution < 1.29 is 0 Å². The van der Waals surface area contributed by atoms with Crippen LogP contribution in [-0.4, -0.2) is 15.2 Å². The first kappa shape index (κ1) is 7.00. The van der Waals surface area contributed by atoms with Crippen LogP contribution in [0.2, 0.25) is 0 Å². The quantitative estimate of drug-likeness (QED) is 0.524. The lowest BCUT2D eigenvalue weighted by atomic mass is 10.4. The van der Waals surface area contributed by atoms with E-state index in [1.807, 2.05) is 6.07 Å². The predicted octanol–water partition coefficient (Wildman–Crippen LogP) is 1.89. The van der Waals surface area contributed by atoms with E-state index in [1.165, 1.54) is 10.8 Å². The van der Waals surface area contributed by atoms with Gasteiger partial charge in [-0.3, -0.25) is 5.10 Å². The third kappa shape index (κ3) is 1.10. The number of nitrogens with one attached hydrogen (secondary N) is 1. The third-order valence-corrected chi connectivity index (χ3v) is 2.56. The van der Waals surface area contributed by atoms with Gasteiger partial charge in [0.2, 0.25) is 0 Å². The molecule has 0 aliphatic rings. The largest absolute Gasteiger partial charge is 0.261 e. The van der Waals surface area contributed by atoms with Crippen molar-refractivity contribution in [1.29, 1.82) is 0 Å². The van der Waals surface area contributed by atoms with Crippen LogP contribution in [-0.2, 0) is 0 Å². The summed E-state index contributed by atoms with van der Waals surface area (Å²) in [4.78, 5) is 5.16. The molecule has 0 spiro atoms. The molecular formula is C6H5N3S2. The number of nitrogens with zero attached hydrogens (tertiary/aromatic N) is 2. The molecule has 11 heavy (non-hydrogen) atoms. The lowest BCUT2D eigenvalue weighted by Crippen LogP contribution is -1.75. The molecule has 0 radical (unpaired) electrons. The maximum atomic E-state index is 4.11. The summed E-state index contributed by atoms with van der Waals surface area (Å²) in [5.41, 5.74) is 0.809. The van der Waals surface area contributed by atoms with Crippen molar-refractivity contribution in [2.75, 3.05) is 0 Å². The van der Waals surface area contributed by atoms with Crippen molar-refractivity contribution in [3.8, 4) is 0 Å². The van der Waals surface area contributed by atoms with Gasteiger partial charge in [-0.25, -0.2) is 4.98 Å². The fourth-order valence-corrected chi connectivity index (χ4v) is 1.75. The zero-order valence-electron chi connectivity index (χ0n) is 5.48. The number of hydrogen-bond donors (Lipinski definition) is 2. The van der Waals surface area contributed by atoms with Gasteiger partial charge in [0.05, 0.1) is 11.6 Å². The maximum Gasteiger partial charge on any atom is 0.156 e. The Labute approximate surface area is 72.4 Å². The van der Waals surface area contributed by atoms with E-state index in [9.17, 15) is 0 Å². The van der Waals surface area contributed by atoms with Crippen LogP contribution in [0.1, 0.15) is 0 Å². The molecular weight excluding hydrogens is 178 g/mol. The highest BCUT2D eigenvalue weighted by atomic mass is 33.1. The second-order valence-corrected chi connectivity index (χ2v) is 3.20. The van der Waals surface area contributed by atoms with Crippen molar-refractivity contribution in [2.24, 2.45) is 0 Å². The second kappa shape index (κ2) is 2.75. The average molecular weight is 183 g/mol. The number of H-pyrrole nitrogens is 1. The summed E-state index contributed by atoms with van der Waals surface area (Å²) >= 11 is 4.11. The molecule has 2 heterocycles. The first-order valence-electron chi connectivity index (χ1n) is 3.01. The standard InChI is InChI=1S/C6H5N3S2/c10-11-5-1-2-7-6-4(5)3-8-9-6/h1-3,10H,(H,7,8,9). The molecule has 0 aliphatic heterocycles. The fourth-order valence-electron chi connectivity index (χ4n) is 0.907. The molecule has 2 aromatic heterocycles. The van der Waals surface area contributed by atoms with E-state index >= 15 is 0 Å². The van der Waals surface area contributed by atoms with Crippen molar-refractivity contribution in [3.05, 3.63) is 18.5 Å². The Morgan fingerprint density at radius 1 is 1.55 bits per heavy atom. The van der Waals surface area contributed by atoms with Crippen molar-refractivity contribution in [2.45, 2.75) is 4.90 Å². The number of hydrogen-bond acceptors (Lipinski definition) is 4. The highest BCUT2D eigenvalue weighted by Gasteiger charge is 2.00. The van der Waals surface area contributed by atoms with Crippen LogP contribution in [0.5, 0.6) is 0 Å². The maximum absolute atomic E-state index is 4.11. The molecule has 2 rings (SSSR count). The summed E-state index contributed by atoms with van der Waals surface area (Å²) in [5.74, 6) is 0. The molecule has 0 aromatic carbocycles. The minimum Gasteiger partial charge on any atom is -0.261 e. The minimum absolute atomic E-state index is 0.809. The Kier molecular flexibility index (Phi) is 1.75. The molecule has 0 saturated carbocycles. The lowest BCUT2D eigenvalue weighted by Gasteiger charge is -1.93. The Morgan fingerprint density at radius 2 is 2.45 bits per heavy atom. The zero-order chi connectivity index (χ0) is 7.68. The molecule has 3 nitrogen and oxygen atoms in total. The molecule has 5 heteroatoms. The Morgan fingerprint density at radius 3 is 3.27 bits per heavy atom. The number of rotatable bonds is 1. The molecule has 0 bridgehead atoms. The molecule has 1 N–H and O–H groups in total. The minimum atomic E-state index is 0.809. The van der Waals surface area contributed by atoms with Gasteiger partial charge in [0.25, 0.3) is 0 Å². The summed E-state index contributed by atoms with van der Waals surface area (Å²) in [7, 11) is 1.40. The van der Waals surface area contributed by atoms with E-state index in [2.05, 4.69) is 26.8 Å². The Bertz CT molecular complexity index is 371. The summed E-state index contributed by atoms with van der Waals surface area (Å²) in [6.07, 6.45) is 3.49. The second-order valence-electron chi connectivity index (χ2n) is 2.03. The normalized spacial score (nSPS) is 10.6. The van der Waals surface area contributed by atoms with Crippen LogP contribution in [0, 0.1) is 0 Å². The first-order chi connectivity index (χ1) is 5.42. The van der Waals surface area contributed by atoms with E-state index in [4.69, 9.17) is 0 Å². The number of thiol groups is 1. The van der Waals surface area contributed by atoms with Gasteiger partial charge in [-0.1, -0.05) is 10.8 Å². The average Bonchev–Trinajstić information content (AvgIpc) is 2.50. The van der Waals surface area contributed by atoms with E-state index < -0.39 is 0 Å². The monoisotopic (exact) mass is 183 g/mol. The SMILES string of the molecule is SSc1ccnc2[nH]ncc12. The fraction of sp³-hybridized carbons (Fsp3) is 0. The van der Waals surface area contributed by atoms with Crippen LogP contribution < -0.4 is 0 Å². The van der Waals surface area contributed by atoms with Crippen molar-refractivity contribution in [1.82, 2.24) is 15.2 Å². The number of aromatic nitrogens is 3. The molecule has 2 aromatic rings. The molecule has 0 saturated heterocycles. The van der Waals surface area contributed by atoms with Crippen LogP contribution in [0.4, 0.5) is 0 Å². The van der Waals surface area contributed by atoms with Gasteiger partial charge < -0.3 is 0 Å². The molecule has 0 unspecified atom stereocenters. The van der Waals surface area contributed by atoms with E-state index in [1.54, 1.807) is 12.4 Å². The van der Waals surface area contributed by atoms with Gasteiger partial charge in [-0.15, -0.1) is 11.7 Å². The third-order valence-electron chi connectivity index (χ3n) is 1.41. The van der Waals surface area contributed by atoms with Crippen LogP contribution in [0.25, 0.3) is 11.0 Å². The van der Waals surface area contributed by atoms with Gasteiger partial charge in [0.1, 0.15) is 0 Å². The molecule has 56 valence electrons. The van der Waals surface area contributed by atoms with Gasteiger partial charge in [-0.05, 0) is 6.07 Å². The van der Waals surface area contributed by atoms with Gasteiger partial charge in [0.15, 0.2) is 5.65 Å². The molecule has 0 aliphatic carbocycles. The van der Waals surface area contributed by atoms with Gasteiger partial charge >= 0.3 is 0 Å². The highest BCUT2D eigenvalue weighted by Crippen LogP contribution is 2.27. The number of aromatic amines is 1. The lowest BCUT2D eigenvalue weighted by molar-refractivity contribution is 1.10. The summed E-state index contributed by atoms with van der Waals surface area (Å²) < 4.78 is 0. The number of pyridine rings is 1.